The SMILES string of the molecule is C#N.C#N.C#N.C#N.C#N.[H-].[H-].[H-].[H-].[H-].[H-].[H-].[K+].[K+].[K+].[K+].[K+].[K+].[K+]. The molecule has 12 heteroatoms. The van der Waals surface area contributed by atoms with Crippen molar-refractivity contribution in [3.05, 3.63) is 0 Å². The maximum atomic E-state index is 6.50. The van der Waals surface area contributed by atoms with E-state index in [4.69, 9.17) is 26.3 Å². The maximum absolute atomic E-state index is 6.50. The van der Waals surface area contributed by atoms with Gasteiger partial charge >= 0.3 is 360 Å². The van der Waals surface area contributed by atoms with Crippen LogP contribution in [0.5, 0.6) is 0 Å². The van der Waals surface area contributed by atoms with E-state index in [1.165, 1.54) is 0 Å². The molecule has 5 nitrogen and oxygen atoms in total. The number of rotatable bonds is 0. The van der Waals surface area contributed by atoms with Crippen LogP contribution in [0.4, 0.5) is 0 Å². The first-order valence-corrected chi connectivity index (χ1v) is 1.29. The van der Waals surface area contributed by atoms with Crippen LogP contribution in [0.3, 0.4) is 0 Å². The number of nitrogens with zero attached hydrogens (tertiary/aromatic N) is 5. The Balaban J connectivity index is -0.000000000668. The zero-order valence-electron chi connectivity index (χ0n) is 19.1. The van der Waals surface area contributed by atoms with Gasteiger partial charge in [-0.25, -0.2) is 26.3 Å². The second-order valence-electron chi connectivity index (χ2n) is 0. The van der Waals surface area contributed by atoms with Crippen LogP contribution < -0.4 is 360 Å². The fourth-order valence-electron chi connectivity index (χ4n) is 0. The second-order valence-corrected chi connectivity index (χ2v) is 0. The van der Waals surface area contributed by atoms with Crippen molar-refractivity contribution in [3.63, 3.8) is 0 Å². The second kappa shape index (κ2) is 179. The molecule has 0 atom stereocenters. The van der Waals surface area contributed by atoms with E-state index in [2.05, 4.69) is 32.9 Å². The van der Waals surface area contributed by atoms with Crippen molar-refractivity contribution in [2.24, 2.45) is 0 Å². The van der Waals surface area contributed by atoms with Crippen LogP contribution >= 0.6 is 0 Å². The predicted molar refractivity (Wildman–Crippen MR) is 41.1 cm³/mol. The maximum Gasteiger partial charge on any atom is 1.00 e. The minimum Gasteiger partial charge on any atom is -1.00 e. The third-order valence-electron chi connectivity index (χ3n) is 0. The molecule has 0 aliphatic rings. The van der Waals surface area contributed by atoms with Crippen LogP contribution in [0, 0.1) is 59.2 Å². The molecule has 0 aromatic rings. The molecule has 0 bridgehead atoms. The van der Waals surface area contributed by atoms with E-state index in [1.807, 2.05) is 0 Å². The average molecular weight is 416 g/mol. The molecule has 17 heavy (non-hydrogen) atoms. The Kier molecular flexibility index (Phi) is 877. The quantitative estimate of drug-likeness (QED) is 0.364. The molecule has 0 amide bonds. The van der Waals surface area contributed by atoms with E-state index in [1.54, 1.807) is 0 Å². The average Bonchev–Trinajstić information content (AvgIpc) is 2.20. The summed E-state index contributed by atoms with van der Waals surface area (Å²) >= 11 is 0. The summed E-state index contributed by atoms with van der Waals surface area (Å²) in [6.45, 7) is 17.5. The molecule has 0 N–H and O–H groups in total. The third-order valence-corrected chi connectivity index (χ3v) is 0. The molecule has 0 aliphatic carbocycles. The van der Waals surface area contributed by atoms with Crippen molar-refractivity contribution in [1.82, 2.24) is 0 Å². The van der Waals surface area contributed by atoms with Crippen molar-refractivity contribution in [1.29, 1.82) is 26.3 Å². The van der Waals surface area contributed by atoms with E-state index < -0.39 is 0 Å². The summed E-state index contributed by atoms with van der Waals surface area (Å²) in [7, 11) is 0. The summed E-state index contributed by atoms with van der Waals surface area (Å²) in [5, 5.41) is 32.5. The number of nitriles is 5. The molecule has 0 aliphatic heterocycles. The molecule has 0 spiro atoms. The standard InChI is InChI=1S/5CHN.7K.7H/c5*1-2;;;;;;;;;;;;;;/h5*1H;;;;;;;;;;;;;;/q;;;;;7*+1;7*-1. The van der Waals surface area contributed by atoms with Crippen LogP contribution in [0.25, 0.3) is 0 Å². The van der Waals surface area contributed by atoms with E-state index in [9.17, 15) is 0 Å². The molecule has 0 aromatic carbocycles. The van der Waals surface area contributed by atoms with Crippen LogP contribution in [0.15, 0.2) is 0 Å². The van der Waals surface area contributed by atoms with Gasteiger partial charge in [-0.05, 0) is 0 Å². The van der Waals surface area contributed by atoms with Gasteiger partial charge < -0.3 is 9.99 Å². The predicted octanol–water partition coefficient (Wildman–Crippen LogP) is -19.5. The van der Waals surface area contributed by atoms with Gasteiger partial charge in [-0.1, -0.05) is 0 Å². The van der Waals surface area contributed by atoms with Gasteiger partial charge in [0.2, 0.25) is 0 Å². The summed E-state index contributed by atoms with van der Waals surface area (Å²) in [4.78, 5) is 0. The molecule has 0 radical (unpaired) electrons. The van der Waals surface area contributed by atoms with E-state index >= 15 is 0 Å². The Bertz CT molecular complexity index is 106. The van der Waals surface area contributed by atoms with Crippen LogP contribution in [0.1, 0.15) is 9.99 Å². The summed E-state index contributed by atoms with van der Waals surface area (Å²) in [6.07, 6.45) is 0. The van der Waals surface area contributed by atoms with Crippen LogP contribution in [0.2, 0.25) is 0 Å². The normalized spacial score (nSPS) is 0.588. The van der Waals surface area contributed by atoms with Crippen molar-refractivity contribution in [3.8, 4) is 32.9 Å². The molecule has 0 fully saturated rings. The smallest absolute Gasteiger partial charge is 1.00 e. The molecule has 0 rings (SSSR count). The van der Waals surface area contributed by atoms with Crippen molar-refractivity contribution >= 4 is 0 Å². The molecule has 0 heterocycles. The Labute approximate surface area is 413 Å². The van der Waals surface area contributed by atoms with Gasteiger partial charge in [0.25, 0.3) is 0 Å². The van der Waals surface area contributed by atoms with Gasteiger partial charge in [0.05, 0.1) is 0 Å². The summed E-state index contributed by atoms with van der Waals surface area (Å²) in [5.74, 6) is 0. The van der Waals surface area contributed by atoms with Crippen molar-refractivity contribution in [2.75, 3.05) is 0 Å². The van der Waals surface area contributed by atoms with Crippen LogP contribution in [-0.4, -0.2) is 0 Å². The van der Waals surface area contributed by atoms with Gasteiger partial charge in [0.15, 0.2) is 0 Å². The zero-order chi connectivity index (χ0) is 10.0. The first-order chi connectivity index (χ1) is 5.00. The van der Waals surface area contributed by atoms with Gasteiger partial charge in [0, 0.05) is 32.9 Å². The first-order valence-electron chi connectivity index (χ1n) is 1.29. The Morgan fingerprint density at radius 2 is 0.294 bits per heavy atom. The summed E-state index contributed by atoms with van der Waals surface area (Å²) < 4.78 is 0. The Morgan fingerprint density at radius 3 is 0.294 bits per heavy atom. The molecule has 64 valence electrons. The zero-order valence-corrected chi connectivity index (χ0v) is 34.0. The van der Waals surface area contributed by atoms with E-state index in [0.29, 0.717) is 0 Å². The monoisotopic (exact) mass is 415 g/mol. The Hall–Kier alpha value is 8.90. The molecular weight excluding hydrogens is 404 g/mol. The first kappa shape index (κ1) is 83.1. The number of hydrogen-bond donors (Lipinski definition) is 0. The Morgan fingerprint density at radius 1 is 0.294 bits per heavy atom. The summed E-state index contributed by atoms with van der Waals surface area (Å²) in [6, 6.07) is 0. The molecule has 0 saturated heterocycles. The van der Waals surface area contributed by atoms with E-state index in [-0.39, 0.29) is 370 Å². The molecule has 0 aromatic heterocycles. The third kappa shape index (κ3) is 165. The van der Waals surface area contributed by atoms with Crippen LogP contribution in [-0.2, 0) is 0 Å². The van der Waals surface area contributed by atoms with Crippen molar-refractivity contribution < 1.29 is 370 Å². The van der Waals surface area contributed by atoms with Gasteiger partial charge in [0.1, 0.15) is 0 Å². The topological polar surface area (TPSA) is 119 Å². The number of hydrogen-bond acceptors (Lipinski definition) is 5. The fraction of sp³-hybridized carbons (Fsp3) is 0. The minimum atomic E-state index is 0. The van der Waals surface area contributed by atoms with Gasteiger partial charge in [-0.3, -0.25) is 0 Å². The van der Waals surface area contributed by atoms with E-state index in [0.717, 1.165) is 0 Å². The van der Waals surface area contributed by atoms with Crippen molar-refractivity contribution in [2.45, 2.75) is 0 Å². The summed E-state index contributed by atoms with van der Waals surface area (Å²) in [5.41, 5.74) is 0. The largest absolute Gasteiger partial charge is 1.00 e. The molecule has 0 saturated carbocycles. The molecular formula is C5H12K7N5. The van der Waals surface area contributed by atoms with Gasteiger partial charge in [-0.15, -0.1) is 0 Å². The minimum absolute atomic E-state index is 0. The molecule has 0 unspecified atom stereocenters. The van der Waals surface area contributed by atoms with Gasteiger partial charge in [-0.2, -0.15) is 0 Å². The fourth-order valence-corrected chi connectivity index (χ4v) is 0.